The summed E-state index contributed by atoms with van der Waals surface area (Å²) in [4.78, 5) is 2.59. The Morgan fingerprint density at radius 3 is 2.39 bits per heavy atom. The van der Waals surface area contributed by atoms with Crippen LogP contribution in [0.2, 0.25) is 0 Å². The van der Waals surface area contributed by atoms with Gasteiger partial charge in [0.25, 0.3) is 0 Å². The lowest BCUT2D eigenvalue weighted by atomic mass is 9.96. The molecule has 108 valence electrons. The van der Waals surface area contributed by atoms with Crippen LogP contribution in [-0.2, 0) is 4.74 Å². The summed E-state index contributed by atoms with van der Waals surface area (Å²) >= 11 is 0. The van der Waals surface area contributed by atoms with Gasteiger partial charge in [-0.05, 0) is 44.7 Å². The molecule has 0 aromatic rings. The summed E-state index contributed by atoms with van der Waals surface area (Å²) in [5.41, 5.74) is 0. The fraction of sp³-hybridized carbons (Fsp3) is 1.00. The first-order valence-corrected chi connectivity index (χ1v) is 7.04. The van der Waals surface area contributed by atoms with E-state index in [1.807, 2.05) is 0 Å². The summed E-state index contributed by atoms with van der Waals surface area (Å²) in [5.74, 6) is 0.895. The van der Waals surface area contributed by atoms with Crippen molar-refractivity contribution < 1.29 is 9.84 Å². The molecular formula is C13H27ClN2O2. The number of aliphatic hydroxyl groups excluding tert-OH is 1. The number of nitrogens with zero attached hydrogens (tertiary/aromatic N) is 1. The van der Waals surface area contributed by atoms with Gasteiger partial charge in [-0.2, -0.15) is 0 Å². The van der Waals surface area contributed by atoms with E-state index in [1.54, 1.807) is 0 Å². The quantitative estimate of drug-likeness (QED) is 0.784. The molecule has 0 atom stereocenters. The average molecular weight is 279 g/mol. The number of aliphatic hydroxyl groups is 1. The zero-order chi connectivity index (χ0) is 11.9. The zero-order valence-electron chi connectivity index (χ0n) is 11.1. The molecule has 2 aliphatic rings. The maximum Gasteiger partial charge on any atom is 0.0701 e. The molecule has 2 aliphatic heterocycles. The van der Waals surface area contributed by atoms with E-state index in [4.69, 9.17) is 9.84 Å². The van der Waals surface area contributed by atoms with Gasteiger partial charge in [0, 0.05) is 19.6 Å². The fourth-order valence-electron chi connectivity index (χ4n) is 2.91. The number of ether oxygens (including phenoxy) is 1. The van der Waals surface area contributed by atoms with Crippen LogP contribution in [0.15, 0.2) is 0 Å². The van der Waals surface area contributed by atoms with Gasteiger partial charge in [-0.15, -0.1) is 12.4 Å². The first-order valence-electron chi connectivity index (χ1n) is 7.04. The highest BCUT2D eigenvalue weighted by atomic mass is 35.5. The van der Waals surface area contributed by atoms with Crippen LogP contribution in [0, 0.1) is 5.92 Å². The van der Waals surface area contributed by atoms with Gasteiger partial charge in [0.15, 0.2) is 0 Å². The number of hydrogen-bond donors (Lipinski definition) is 2. The third kappa shape index (κ3) is 5.41. The predicted molar refractivity (Wildman–Crippen MR) is 75.3 cm³/mol. The van der Waals surface area contributed by atoms with Crippen molar-refractivity contribution in [3.63, 3.8) is 0 Å². The SMILES string of the molecule is Cl.OCCOC1CCN(CC2CCNCC2)CC1. The first-order chi connectivity index (χ1) is 8.38. The van der Waals surface area contributed by atoms with Crippen molar-refractivity contribution in [1.82, 2.24) is 10.2 Å². The third-order valence-electron chi connectivity index (χ3n) is 3.95. The normalized spacial score (nSPS) is 23.8. The number of nitrogens with one attached hydrogen (secondary N) is 1. The summed E-state index contributed by atoms with van der Waals surface area (Å²) in [5, 5.41) is 12.1. The molecule has 0 aromatic heterocycles. The summed E-state index contributed by atoms with van der Waals surface area (Å²) < 4.78 is 5.58. The summed E-state index contributed by atoms with van der Waals surface area (Å²) in [6, 6.07) is 0. The van der Waals surface area contributed by atoms with Gasteiger partial charge in [-0.25, -0.2) is 0 Å². The van der Waals surface area contributed by atoms with Gasteiger partial charge < -0.3 is 20.1 Å². The summed E-state index contributed by atoms with van der Waals surface area (Å²) in [6.45, 7) is 6.64. The van der Waals surface area contributed by atoms with E-state index in [1.165, 1.54) is 45.6 Å². The molecule has 2 N–H and O–H groups in total. The highest BCUT2D eigenvalue weighted by Crippen LogP contribution is 2.18. The smallest absolute Gasteiger partial charge is 0.0701 e. The van der Waals surface area contributed by atoms with Gasteiger partial charge >= 0.3 is 0 Å². The Hall–Kier alpha value is 0.130. The standard InChI is InChI=1S/C13H26N2O2.ClH/c16-9-10-17-13-3-7-15(8-4-13)11-12-1-5-14-6-2-12;/h12-14,16H,1-11H2;1H. The zero-order valence-corrected chi connectivity index (χ0v) is 12.0. The molecule has 2 fully saturated rings. The van der Waals surface area contributed by atoms with Crippen molar-refractivity contribution in [2.24, 2.45) is 5.92 Å². The molecule has 0 aromatic carbocycles. The maximum absolute atomic E-state index is 8.72. The molecule has 0 unspecified atom stereocenters. The number of halogens is 1. The molecule has 0 saturated carbocycles. The van der Waals surface area contributed by atoms with Gasteiger partial charge in [-0.1, -0.05) is 0 Å². The van der Waals surface area contributed by atoms with E-state index >= 15 is 0 Å². The number of rotatable bonds is 5. The lowest BCUT2D eigenvalue weighted by molar-refractivity contribution is -0.0106. The largest absolute Gasteiger partial charge is 0.394 e. The highest BCUT2D eigenvalue weighted by molar-refractivity contribution is 5.85. The molecule has 5 heteroatoms. The number of hydrogen-bond acceptors (Lipinski definition) is 4. The van der Waals surface area contributed by atoms with Crippen molar-refractivity contribution >= 4 is 12.4 Å². The molecule has 0 radical (unpaired) electrons. The minimum Gasteiger partial charge on any atom is -0.394 e. The van der Waals surface area contributed by atoms with E-state index in [0.29, 0.717) is 12.7 Å². The van der Waals surface area contributed by atoms with Crippen molar-refractivity contribution in [2.45, 2.75) is 31.8 Å². The molecule has 2 saturated heterocycles. The van der Waals surface area contributed by atoms with Gasteiger partial charge in [0.05, 0.1) is 19.3 Å². The van der Waals surface area contributed by atoms with E-state index in [2.05, 4.69) is 10.2 Å². The monoisotopic (exact) mass is 278 g/mol. The molecule has 2 rings (SSSR count). The topological polar surface area (TPSA) is 44.7 Å². The number of likely N-dealkylation sites (tertiary alicyclic amines) is 1. The Labute approximate surface area is 116 Å². The van der Waals surface area contributed by atoms with Crippen LogP contribution in [0.4, 0.5) is 0 Å². The number of piperidine rings is 2. The van der Waals surface area contributed by atoms with E-state index in [9.17, 15) is 0 Å². The third-order valence-corrected chi connectivity index (χ3v) is 3.95. The molecule has 0 amide bonds. The second-order valence-electron chi connectivity index (χ2n) is 5.29. The molecule has 18 heavy (non-hydrogen) atoms. The lowest BCUT2D eigenvalue weighted by Gasteiger charge is -2.35. The lowest BCUT2D eigenvalue weighted by Crippen LogP contribution is -2.42. The Morgan fingerprint density at radius 2 is 1.78 bits per heavy atom. The fourth-order valence-corrected chi connectivity index (χ4v) is 2.91. The van der Waals surface area contributed by atoms with E-state index in [0.717, 1.165) is 18.8 Å². The molecule has 0 aliphatic carbocycles. The van der Waals surface area contributed by atoms with Crippen LogP contribution in [-0.4, -0.2) is 62.0 Å². The summed E-state index contributed by atoms with van der Waals surface area (Å²) in [7, 11) is 0. The Balaban J connectivity index is 0.00000162. The first kappa shape index (κ1) is 16.2. The predicted octanol–water partition coefficient (Wildman–Crippen LogP) is 0.881. The van der Waals surface area contributed by atoms with E-state index in [-0.39, 0.29) is 19.0 Å². The van der Waals surface area contributed by atoms with Crippen LogP contribution in [0.25, 0.3) is 0 Å². The van der Waals surface area contributed by atoms with Gasteiger partial charge in [0.2, 0.25) is 0 Å². The second-order valence-corrected chi connectivity index (χ2v) is 5.29. The maximum atomic E-state index is 8.72. The average Bonchev–Trinajstić information content (AvgIpc) is 2.39. The Morgan fingerprint density at radius 1 is 1.11 bits per heavy atom. The van der Waals surface area contributed by atoms with Crippen LogP contribution >= 0.6 is 12.4 Å². The highest BCUT2D eigenvalue weighted by Gasteiger charge is 2.22. The van der Waals surface area contributed by atoms with E-state index < -0.39 is 0 Å². The van der Waals surface area contributed by atoms with Crippen LogP contribution < -0.4 is 5.32 Å². The van der Waals surface area contributed by atoms with Crippen LogP contribution in [0.3, 0.4) is 0 Å². The molecule has 2 heterocycles. The minimum atomic E-state index is 0. The van der Waals surface area contributed by atoms with Crippen LogP contribution in [0.5, 0.6) is 0 Å². The Bertz CT molecular complexity index is 205. The summed E-state index contributed by atoms with van der Waals surface area (Å²) in [6.07, 6.45) is 5.31. The Kier molecular flexibility index (Phi) is 8.18. The van der Waals surface area contributed by atoms with Crippen molar-refractivity contribution in [3.05, 3.63) is 0 Å². The minimum absolute atomic E-state index is 0. The van der Waals surface area contributed by atoms with Crippen molar-refractivity contribution in [2.75, 3.05) is 45.9 Å². The second kappa shape index (κ2) is 9.10. The van der Waals surface area contributed by atoms with Gasteiger partial charge in [-0.3, -0.25) is 0 Å². The van der Waals surface area contributed by atoms with Crippen LogP contribution in [0.1, 0.15) is 25.7 Å². The molecule has 0 spiro atoms. The molecule has 4 nitrogen and oxygen atoms in total. The van der Waals surface area contributed by atoms with Crippen molar-refractivity contribution in [3.8, 4) is 0 Å². The van der Waals surface area contributed by atoms with Crippen molar-refractivity contribution in [1.29, 1.82) is 0 Å². The molecule has 0 bridgehead atoms. The molecular weight excluding hydrogens is 252 g/mol. The van der Waals surface area contributed by atoms with Gasteiger partial charge in [0.1, 0.15) is 0 Å².